The summed E-state index contributed by atoms with van der Waals surface area (Å²) in [5.74, 6) is 0.547. The van der Waals surface area contributed by atoms with E-state index in [9.17, 15) is 4.79 Å². The number of carbonyl (C=O) groups is 1. The Morgan fingerprint density at radius 3 is 2.85 bits per heavy atom. The fourth-order valence-corrected chi connectivity index (χ4v) is 3.77. The topological polar surface area (TPSA) is 46.3 Å². The monoisotopic (exact) mass is 272 g/mol. The molecular weight excluding hydrogens is 248 g/mol. The zero-order valence-electron chi connectivity index (χ0n) is 12.5. The number of rotatable bonds is 1. The largest absolute Gasteiger partial charge is 0.399 e. The lowest BCUT2D eigenvalue weighted by atomic mass is 9.80. The van der Waals surface area contributed by atoms with Crippen LogP contribution in [-0.4, -0.2) is 17.4 Å². The van der Waals surface area contributed by atoms with Gasteiger partial charge in [-0.05, 0) is 47.9 Å². The van der Waals surface area contributed by atoms with Gasteiger partial charge in [0.1, 0.15) is 0 Å². The van der Waals surface area contributed by atoms with E-state index in [4.69, 9.17) is 5.73 Å². The maximum Gasteiger partial charge on any atom is 0.226 e. The first kappa shape index (κ1) is 13.5. The number of carbonyl (C=O) groups excluding carboxylic acids is 1. The predicted octanol–water partition coefficient (Wildman–Crippen LogP) is 2.98. The Balaban J connectivity index is 1.78. The van der Waals surface area contributed by atoms with Crippen molar-refractivity contribution in [2.45, 2.75) is 46.1 Å². The molecule has 2 aliphatic rings. The average molecular weight is 272 g/mol. The van der Waals surface area contributed by atoms with Crippen LogP contribution in [0, 0.1) is 11.3 Å². The van der Waals surface area contributed by atoms with E-state index in [2.05, 4.69) is 19.9 Å². The second-order valence-corrected chi connectivity index (χ2v) is 6.97. The van der Waals surface area contributed by atoms with Gasteiger partial charge in [-0.25, -0.2) is 0 Å². The van der Waals surface area contributed by atoms with Gasteiger partial charge in [-0.15, -0.1) is 0 Å². The van der Waals surface area contributed by atoms with E-state index in [0.29, 0.717) is 5.91 Å². The van der Waals surface area contributed by atoms with Crippen molar-refractivity contribution in [3.63, 3.8) is 0 Å². The molecule has 1 aromatic carbocycles. The summed E-state index contributed by atoms with van der Waals surface area (Å²) in [5, 5.41) is 0. The predicted molar refractivity (Wildman–Crippen MR) is 81.1 cm³/mol. The molecule has 1 heterocycles. The highest BCUT2D eigenvalue weighted by molar-refractivity contribution is 5.80. The third kappa shape index (κ3) is 2.30. The summed E-state index contributed by atoms with van der Waals surface area (Å²) < 4.78 is 0. The smallest absolute Gasteiger partial charge is 0.226 e. The molecule has 1 aliphatic heterocycles. The molecule has 1 amide bonds. The molecule has 0 aromatic heterocycles. The summed E-state index contributed by atoms with van der Waals surface area (Å²) in [6.45, 7) is 6.05. The first-order chi connectivity index (χ1) is 9.47. The number of amides is 1. The Hall–Kier alpha value is -1.51. The molecule has 1 aliphatic carbocycles. The van der Waals surface area contributed by atoms with Crippen molar-refractivity contribution in [2.24, 2.45) is 11.3 Å². The maximum atomic E-state index is 12.8. The van der Waals surface area contributed by atoms with E-state index < -0.39 is 0 Å². The Bertz CT molecular complexity index is 536. The fourth-order valence-electron chi connectivity index (χ4n) is 3.77. The SMILES string of the molecule is CC1(C)CCCC1C(=O)N1CCc2ccc(N)cc2C1. The van der Waals surface area contributed by atoms with E-state index in [1.165, 1.54) is 24.0 Å². The highest BCUT2D eigenvalue weighted by Gasteiger charge is 2.41. The summed E-state index contributed by atoms with van der Waals surface area (Å²) in [7, 11) is 0. The summed E-state index contributed by atoms with van der Waals surface area (Å²) in [6, 6.07) is 6.08. The van der Waals surface area contributed by atoms with Crippen molar-refractivity contribution in [1.82, 2.24) is 4.90 Å². The van der Waals surface area contributed by atoms with Gasteiger partial charge in [-0.2, -0.15) is 0 Å². The van der Waals surface area contributed by atoms with Crippen LogP contribution in [0.3, 0.4) is 0 Å². The zero-order chi connectivity index (χ0) is 14.3. The molecule has 3 heteroatoms. The third-order valence-corrected chi connectivity index (χ3v) is 5.11. The molecule has 0 radical (unpaired) electrons. The van der Waals surface area contributed by atoms with Gasteiger partial charge >= 0.3 is 0 Å². The molecule has 0 spiro atoms. The van der Waals surface area contributed by atoms with Gasteiger partial charge in [0.2, 0.25) is 5.91 Å². The van der Waals surface area contributed by atoms with Crippen molar-refractivity contribution in [1.29, 1.82) is 0 Å². The molecule has 1 saturated carbocycles. The summed E-state index contributed by atoms with van der Waals surface area (Å²) in [5.41, 5.74) is 9.38. The van der Waals surface area contributed by atoms with Gasteiger partial charge in [0.05, 0.1) is 0 Å². The summed E-state index contributed by atoms with van der Waals surface area (Å²) in [6.07, 6.45) is 4.35. The minimum Gasteiger partial charge on any atom is -0.399 e. The molecule has 108 valence electrons. The van der Waals surface area contributed by atoms with Gasteiger partial charge in [-0.3, -0.25) is 4.79 Å². The average Bonchev–Trinajstić information content (AvgIpc) is 2.76. The number of hydrogen-bond donors (Lipinski definition) is 1. The zero-order valence-corrected chi connectivity index (χ0v) is 12.5. The van der Waals surface area contributed by atoms with Crippen LogP contribution in [0.15, 0.2) is 18.2 Å². The number of nitrogens with two attached hydrogens (primary N) is 1. The number of nitrogens with zero attached hydrogens (tertiary/aromatic N) is 1. The van der Waals surface area contributed by atoms with Crippen molar-refractivity contribution in [3.05, 3.63) is 29.3 Å². The first-order valence-corrected chi connectivity index (χ1v) is 7.63. The molecular formula is C17H24N2O. The highest BCUT2D eigenvalue weighted by atomic mass is 16.2. The summed E-state index contributed by atoms with van der Waals surface area (Å²) >= 11 is 0. The van der Waals surface area contributed by atoms with Gasteiger partial charge in [0.15, 0.2) is 0 Å². The number of nitrogen functional groups attached to an aromatic ring is 1. The van der Waals surface area contributed by atoms with Crippen LogP contribution in [0.5, 0.6) is 0 Å². The molecule has 0 saturated heterocycles. The van der Waals surface area contributed by atoms with Crippen molar-refractivity contribution < 1.29 is 4.79 Å². The Kier molecular flexibility index (Phi) is 3.23. The molecule has 2 N–H and O–H groups in total. The normalized spacial score (nSPS) is 24.5. The number of anilines is 1. The second-order valence-electron chi connectivity index (χ2n) is 6.97. The third-order valence-electron chi connectivity index (χ3n) is 5.11. The number of fused-ring (bicyclic) bond motifs is 1. The molecule has 1 unspecified atom stereocenters. The van der Waals surface area contributed by atoms with E-state index in [-0.39, 0.29) is 11.3 Å². The van der Waals surface area contributed by atoms with E-state index in [1.54, 1.807) is 0 Å². The molecule has 20 heavy (non-hydrogen) atoms. The Morgan fingerprint density at radius 2 is 2.15 bits per heavy atom. The van der Waals surface area contributed by atoms with Gasteiger partial charge < -0.3 is 10.6 Å². The van der Waals surface area contributed by atoms with Crippen LogP contribution in [0.25, 0.3) is 0 Å². The summed E-state index contributed by atoms with van der Waals surface area (Å²) in [4.78, 5) is 14.8. The van der Waals surface area contributed by atoms with Crippen molar-refractivity contribution in [2.75, 3.05) is 12.3 Å². The van der Waals surface area contributed by atoms with Crippen LogP contribution in [0.2, 0.25) is 0 Å². The standard InChI is InChI=1S/C17H24N2O/c1-17(2)8-3-4-15(17)16(20)19-9-7-12-5-6-14(18)10-13(12)11-19/h5-6,10,15H,3-4,7-9,11,18H2,1-2H3. The van der Waals surface area contributed by atoms with Crippen LogP contribution >= 0.6 is 0 Å². The van der Waals surface area contributed by atoms with Gasteiger partial charge in [0, 0.05) is 24.7 Å². The first-order valence-electron chi connectivity index (χ1n) is 7.63. The maximum absolute atomic E-state index is 12.8. The molecule has 3 nitrogen and oxygen atoms in total. The van der Waals surface area contributed by atoms with E-state index in [0.717, 1.165) is 31.6 Å². The van der Waals surface area contributed by atoms with Crippen LogP contribution < -0.4 is 5.73 Å². The van der Waals surface area contributed by atoms with E-state index >= 15 is 0 Å². The fraction of sp³-hybridized carbons (Fsp3) is 0.588. The van der Waals surface area contributed by atoms with Gasteiger partial charge in [-0.1, -0.05) is 26.3 Å². The van der Waals surface area contributed by atoms with Crippen molar-refractivity contribution in [3.8, 4) is 0 Å². The number of benzene rings is 1. The highest BCUT2D eigenvalue weighted by Crippen LogP contribution is 2.43. The quantitative estimate of drug-likeness (QED) is 0.799. The van der Waals surface area contributed by atoms with Crippen LogP contribution in [0.1, 0.15) is 44.2 Å². The molecule has 1 fully saturated rings. The Morgan fingerprint density at radius 1 is 1.35 bits per heavy atom. The Labute approximate surface area is 121 Å². The second kappa shape index (κ2) is 4.80. The van der Waals surface area contributed by atoms with Gasteiger partial charge in [0.25, 0.3) is 0 Å². The molecule has 3 rings (SSSR count). The lowest BCUT2D eigenvalue weighted by Gasteiger charge is -2.35. The van der Waals surface area contributed by atoms with Crippen LogP contribution in [-0.2, 0) is 17.8 Å². The molecule has 1 aromatic rings. The minimum atomic E-state index is 0.160. The number of hydrogen-bond acceptors (Lipinski definition) is 2. The molecule has 1 atom stereocenters. The van der Waals surface area contributed by atoms with Crippen LogP contribution in [0.4, 0.5) is 5.69 Å². The van der Waals surface area contributed by atoms with E-state index in [1.807, 2.05) is 17.0 Å². The lowest BCUT2D eigenvalue weighted by molar-refractivity contribution is -0.139. The molecule has 0 bridgehead atoms. The van der Waals surface area contributed by atoms with Crippen molar-refractivity contribution >= 4 is 11.6 Å². The minimum absolute atomic E-state index is 0.160. The lowest BCUT2D eigenvalue weighted by Crippen LogP contribution is -2.42.